The Morgan fingerprint density at radius 2 is 1.65 bits per heavy atom. The van der Waals surface area contributed by atoms with Crippen LogP contribution in [0.5, 0.6) is 5.75 Å². The number of anilines is 1. The highest BCUT2D eigenvalue weighted by atomic mass is 32.1. The van der Waals surface area contributed by atoms with Crippen LogP contribution in [0.1, 0.15) is 29.2 Å². The minimum atomic E-state index is -0.321. The molecule has 0 aliphatic rings. The molecule has 0 bridgehead atoms. The van der Waals surface area contributed by atoms with Gasteiger partial charge >= 0.3 is 6.03 Å². The van der Waals surface area contributed by atoms with E-state index in [0.717, 1.165) is 10.4 Å². The minimum Gasteiger partial charge on any atom is -0.495 e. The molecule has 3 rings (SSSR count). The van der Waals surface area contributed by atoms with Crippen LogP contribution in [0, 0.1) is 12.8 Å². The van der Waals surface area contributed by atoms with Gasteiger partial charge in [0.05, 0.1) is 19.3 Å². The van der Waals surface area contributed by atoms with Crippen molar-refractivity contribution in [2.45, 2.75) is 33.9 Å². The van der Waals surface area contributed by atoms with Crippen LogP contribution < -0.4 is 10.1 Å². The molecule has 0 spiro atoms. The molecule has 1 heterocycles. The Kier molecular flexibility index (Phi) is 9.10. The highest BCUT2D eigenvalue weighted by Gasteiger charge is 2.23. The van der Waals surface area contributed by atoms with Crippen molar-refractivity contribution in [2.24, 2.45) is 5.92 Å². The number of carbonyl (C=O) groups excluding carboxylic acids is 2. The van der Waals surface area contributed by atoms with Crippen LogP contribution in [0.25, 0.3) is 0 Å². The molecule has 0 saturated carbocycles. The third kappa shape index (κ3) is 7.35. The van der Waals surface area contributed by atoms with Crippen molar-refractivity contribution >= 4 is 29.0 Å². The molecule has 1 aromatic heterocycles. The highest BCUT2D eigenvalue weighted by Crippen LogP contribution is 2.24. The Hall–Kier alpha value is -3.32. The van der Waals surface area contributed by atoms with E-state index in [4.69, 9.17) is 4.74 Å². The molecule has 3 amide bonds. The van der Waals surface area contributed by atoms with Gasteiger partial charge < -0.3 is 19.9 Å². The maximum Gasteiger partial charge on any atom is 0.322 e. The summed E-state index contributed by atoms with van der Waals surface area (Å²) in [5, 5.41) is 2.91. The molecule has 3 aromatic rings. The van der Waals surface area contributed by atoms with Crippen LogP contribution in [-0.4, -0.2) is 41.9 Å². The lowest BCUT2D eigenvalue weighted by molar-refractivity contribution is -0.133. The van der Waals surface area contributed by atoms with E-state index in [1.165, 1.54) is 4.88 Å². The number of para-hydroxylation sites is 2. The SMILES string of the molecule is COc1ccccc1NC(=O)N(CC(=O)N(Cc1ccccc1)Cc1ccc(C)s1)CC(C)C. The summed E-state index contributed by atoms with van der Waals surface area (Å²) in [6.07, 6.45) is 0. The fourth-order valence-electron chi connectivity index (χ4n) is 3.66. The van der Waals surface area contributed by atoms with Crippen molar-refractivity contribution in [3.8, 4) is 5.75 Å². The summed E-state index contributed by atoms with van der Waals surface area (Å²) < 4.78 is 5.35. The summed E-state index contributed by atoms with van der Waals surface area (Å²) in [4.78, 5) is 32.4. The molecule has 0 fully saturated rings. The molecule has 0 aliphatic heterocycles. The average molecular weight is 480 g/mol. The van der Waals surface area contributed by atoms with E-state index in [2.05, 4.69) is 24.4 Å². The zero-order chi connectivity index (χ0) is 24.5. The van der Waals surface area contributed by atoms with Crippen LogP contribution in [0.4, 0.5) is 10.5 Å². The first-order valence-electron chi connectivity index (χ1n) is 11.4. The van der Waals surface area contributed by atoms with Gasteiger partial charge in [0.1, 0.15) is 12.3 Å². The highest BCUT2D eigenvalue weighted by molar-refractivity contribution is 7.11. The van der Waals surface area contributed by atoms with E-state index in [1.807, 2.05) is 61.2 Å². The molecule has 2 aromatic carbocycles. The van der Waals surface area contributed by atoms with E-state index in [9.17, 15) is 9.59 Å². The normalized spacial score (nSPS) is 10.7. The van der Waals surface area contributed by atoms with Crippen molar-refractivity contribution in [3.05, 3.63) is 82.0 Å². The zero-order valence-corrected chi connectivity index (χ0v) is 21.1. The summed E-state index contributed by atoms with van der Waals surface area (Å²) >= 11 is 1.69. The second kappa shape index (κ2) is 12.2. The number of carbonyl (C=O) groups is 2. The fourth-order valence-corrected chi connectivity index (χ4v) is 4.57. The van der Waals surface area contributed by atoms with Crippen molar-refractivity contribution in [1.29, 1.82) is 0 Å². The number of aryl methyl sites for hydroxylation is 1. The number of benzene rings is 2. The van der Waals surface area contributed by atoms with E-state index in [-0.39, 0.29) is 24.4 Å². The molecule has 180 valence electrons. The lowest BCUT2D eigenvalue weighted by atomic mass is 10.2. The van der Waals surface area contributed by atoms with E-state index in [0.29, 0.717) is 31.1 Å². The first kappa shape index (κ1) is 25.3. The van der Waals surface area contributed by atoms with Gasteiger partial charge in [-0.1, -0.05) is 56.3 Å². The predicted octanol–water partition coefficient (Wildman–Crippen LogP) is 5.78. The molecule has 0 atom stereocenters. The lowest BCUT2D eigenvalue weighted by Crippen LogP contribution is -2.45. The number of hydrogen-bond acceptors (Lipinski definition) is 4. The molecule has 0 saturated heterocycles. The molecule has 0 unspecified atom stereocenters. The van der Waals surface area contributed by atoms with Gasteiger partial charge in [0.25, 0.3) is 0 Å². The number of methoxy groups -OCH3 is 1. The number of hydrogen-bond donors (Lipinski definition) is 1. The molecular weight excluding hydrogens is 446 g/mol. The number of thiophene rings is 1. The Labute approximate surface area is 206 Å². The van der Waals surface area contributed by atoms with Crippen LogP contribution in [0.15, 0.2) is 66.7 Å². The summed E-state index contributed by atoms with van der Waals surface area (Å²) in [6.45, 7) is 7.58. The quantitative estimate of drug-likeness (QED) is 0.401. The number of ether oxygens (including phenoxy) is 1. The maximum absolute atomic E-state index is 13.5. The summed E-state index contributed by atoms with van der Waals surface area (Å²) in [5.41, 5.74) is 1.63. The lowest BCUT2D eigenvalue weighted by Gasteiger charge is -2.29. The van der Waals surface area contributed by atoms with Crippen molar-refractivity contribution in [1.82, 2.24) is 9.80 Å². The van der Waals surface area contributed by atoms with Crippen LogP contribution in [0.3, 0.4) is 0 Å². The van der Waals surface area contributed by atoms with Gasteiger partial charge in [0.2, 0.25) is 5.91 Å². The largest absolute Gasteiger partial charge is 0.495 e. The predicted molar refractivity (Wildman–Crippen MR) is 138 cm³/mol. The fraction of sp³-hybridized carbons (Fsp3) is 0.333. The van der Waals surface area contributed by atoms with Crippen LogP contribution >= 0.6 is 11.3 Å². The van der Waals surface area contributed by atoms with Gasteiger partial charge in [-0.3, -0.25) is 4.79 Å². The Morgan fingerprint density at radius 3 is 2.29 bits per heavy atom. The molecule has 34 heavy (non-hydrogen) atoms. The Bertz CT molecular complexity index is 1080. The number of urea groups is 1. The van der Waals surface area contributed by atoms with Crippen molar-refractivity contribution in [3.63, 3.8) is 0 Å². The molecule has 6 nitrogen and oxygen atoms in total. The van der Waals surface area contributed by atoms with E-state index in [1.54, 1.807) is 35.5 Å². The number of rotatable bonds is 10. The minimum absolute atomic E-state index is 0.00362. The molecule has 1 N–H and O–H groups in total. The van der Waals surface area contributed by atoms with Crippen molar-refractivity contribution in [2.75, 3.05) is 25.5 Å². The smallest absolute Gasteiger partial charge is 0.322 e. The number of nitrogens with zero attached hydrogens (tertiary/aromatic N) is 2. The third-order valence-corrected chi connectivity index (χ3v) is 6.24. The van der Waals surface area contributed by atoms with E-state index >= 15 is 0 Å². The molecular formula is C27H33N3O3S. The summed E-state index contributed by atoms with van der Waals surface area (Å²) in [5.74, 6) is 0.690. The maximum atomic E-state index is 13.5. The van der Waals surface area contributed by atoms with Gasteiger partial charge in [-0.05, 0) is 42.7 Å². The van der Waals surface area contributed by atoms with Gasteiger partial charge in [-0.2, -0.15) is 0 Å². The van der Waals surface area contributed by atoms with Gasteiger partial charge in [-0.25, -0.2) is 4.79 Å². The van der Waals surface area contributed by atoms with Crippen LogP contribution in [0.2, 0.25) is 0 Å². The first-order chi connectivity index (χ1) is 16.4. The second-order valence-electron chi connectivity index (χ2n) is 8.65. The van der Waals surface area contributed by atoms with E-state index < -0.39 is 0 Å². The summed E-state index contributed by atoms with van der Waals surface area (Å²) in [6, 6.07) is 21.0. The van der Waals surface area contributed by atoms with Gasteiger partial charge in [0.15, 0.2) is 0 Å². The average Bonchev–Trinajstić information content (AvgIpc) is 3.23. The van der Waals surface area contributed by atoms with Crippen LogP contribution in [-0.2, 0) is 17.9 Å². The van der Waals surface area contributed by atoms with Gasteiger partial charge in [0, 0.05) is 22.8 Å². The molecule has 0 aliphatic carbocycles. The molecule has 0 radical (unpaired) electrons. The number of nitrogens with one attached hydrogen (secondary N) is 1. The van der Waals surface area contributed by atoms with Gasteiger partial charge in [-0.15, -0.1) is 11.3 Å². The monoisotopic (exact) mass is 479 g/mol. The summed E-state index contributed by atoms with van der Waals surface area (Å²) in [7, 11) is 1.56. The van der Waals surface area contributed by atoms with Crippen molar-refractivity contribution < 1.29 is 14.3 Å². The topological polar surface area (TPSA) is 61.9 Å². The first-order valence-corrected chi connectivity index (χ1v) is 12.2. The zero-order valence-electron chi connectivity index (χ0n) is 20.3. The number of amides is 3. The standard InChI is InChI=1S/C27H33N3O3S/c1-20(2)16-30(27(32)28-24-12-8-9-13-25(24)33-4)19-26(31)29(17-22-10-6-5-7-11-22)18-23-15-14-21(3)34-23/h5-15,20H,16-19H2,1-4H3,(H,28,32). The third-order valence-electron chi connectivity index (χ3n) is 5.26. The Morgan fingerprint density at radius 1 is 0.941 bits per heavy atom. The molecule has 7 heteroatoms. The Balaban J connectivity index is 1.78. The second-order valence-corrected chi connectivity index (χ2v) is 10.0.